The Morgan fingerprint density at radius 2 is 1.96 bits per heavy atom. The molecule has 1 aliphatic rings. The lowest BCUT2D eigenvalue weighted by Gasteiger charge is -2.21. The van der Waals surface area contributed by atoms with Gasteiger partial charge in [-0.25, -0.2) is 4.79 Å². The van der Waals surface area contributed by atoms with E-state index in [1.165, 1.54) is 12.3 Å². The molecular weight excluding hydrogens is 310 g/mol. The van der Waals surface area contributed by atoms with Crippen molar-refractivity contribution in [2.75, 3.05) is 5.32 Å². The average Bonchev–Trinajstić information content (AvgIpc) is 3.12. The summed E-state index contributed by atoms with van der Waals surface area (Å²) in [5.74, 6) is -0.994. The Morgan fingerprint density at radius 3 is 2.71 bits per heavy atom. The van der Waals surface area contributed by atoms with E-state index in [2.05, 4.69) is 5.32 Å². The number of esters is 1. The second kappa shape index (κ2) is 7.12. The lowest BCUT2D eigenvalue weighted by Crippen LogP contribution is -2.30. The number of carbonyl (C=O) groups excluding carboxylic acids is 3. The van der Waals surface area contributed by atoms with Crippen molar-refractivity contribution in [3.63, 3.8) is 0 Å². The van der Waals surface area contributed by atoms with Crippen LogP contribution in [0.3, 0.4) is 0 Å². The molecule has 1 amide bonds. The molecule has 1 fully saturated rings. The van der Waals surface area contributed by atoms with Crippen LogP contribution in [0.15, 0.2) is 47.1 Å². The van der Waals surface area contributed by atoms with Gasteiger partial charge in [0.25, 0.3) is 5.91 Å². The van der Waals surface area contributed by atoms with Crippen LogP contribution < -0.4 is 5.32 Å². The molecule has 0 aliphatic heterocycles. The van der Waals surface area contributed by atoms with Crippen LogP contribution in [0.5, 0.6) is 0 Å². The quantitative estimate of drug-likeness (QED) is 0.872. The van der Waals surface area contributed by atoms with E-state index in [0.29, 0.717) is 18.5 Å². The number of ketones is 1. The molecule has 2 aromatic rings. The molecule has 1 saturated carbocycles. The number of hydrogen-bond donors (Lipinski definition) is 1. The molecule has 1 unspecified atom stereocenters. The van der Waals surface area contributed by atoms with Crippen molar-refractivity contribution < 1.29 is 23.5 Å². The van der Waals surface area contributed by atoms with Crippen molar-refractivity contribution in [3.8, 4) is 0 Å². The normalized spacial score (nSPS) is 17.3. The van der Waals surface area contributed by atoms with Gasteiger partial charge < -0.3 is 14.5 Å². The van der Waals surface area contributed by atoms with E-state index in [1.54, 1.807) is 30.3 Å². The molecule has 6 nitrogen and oxygen atoms in total. The number of carbonyl (C=O) groups is 3. The Hall–Kier alpha value is -2.89. The molecule has 1 aliphatic carbocycles. The lowest BCUT2D eigenvalue weighted by atomic mass is 9.96. The van der Waals surface area contributed by atoms with Crippen LogP contribution in [-0.2, 0) is 9.53 Å². The van der Waals surface area contributed by atoms with Crippen LogP contribution in [0.1, 0.15) is 46.6 Å². The Bertz CT molecular complexity index is 751. The fraction of sp³-hybridized carbons (Fsp3) is 0.278. The zero-order valence-electron chi connectivity index (χ0n) is 13.0. The fourth-order valence-electron chi connectivity index (χ4n) is 2.63. The summed E-state index contributed by atoms with van der Waals surface area (Å²) in [4.78, 5) is 36.3. The summed E-state index contributed by atoms with van der Waals surface area (Å²) in [5.41, 5.74) is 0.517. The van der Waals surface area contributed by atoms with Crippen LogP contribution in [-0.4, -0.2) is 23.8 Å². The summed E-state index contributed by atoms with van der Waals surface area (Å²) in [7, 11) is 0. The Morgan fingerprint density at radius 1 is 1.12 bits per heavy atom. The number of anilines is 1. The minimum atomic E-state index is -0.694. The number of Topliss-reactive ketones (excluding diaryl/α,β-unsaturated/α-hetero) is 1. The van der Waals surface area contributed by atoms with Gasteiger partial charge in [-0.15, -0.1) is 0 Å². The van der Waals surface area contributed by atoms with Gasteiger partial charge in [0.05, 0.1) is 17.5 Å². The molecule has 1 heterocycles. The molecule has 6 heteroatoms. The van der Waals surface area contributed by atoms with Gasteiger partial charge in [-0.3, -0.25) is 9.59 Å². The van der Waals surface area contributed by atoms with Crippen LogP contribution in [0.4, 0.5) is 5.69 Å². The van der Waals surface area contributed by atoms with Gasteiger partial charge in [-0.2, -0.15) is 0 Å². The van der Waals surface area contributed by atoms with Gasteiger partial charge in [0, 0.05) is 6.42 Å². The first kappa shape index (κ1) is 16.0. The number of ether oxygens (including phenoxy) is 1. The van der Waals surface area contributed by atoms with E-state index < -0.39 is 18.0 Å². The molecule has 1 aromatic heterocycles. The van der Waals surface area contributed by atoms with Crippen LogP contribution in [0, 0.1) is 0 Å². The molecule has 0 bridgehead atoms. The van der Waals surface area contributed by atoms with Crippen molar-refractivity contribution in [1.29, 1.82) is 0 Å². The van der Waals surface area contributed by atoms with Crippen LogP contribution in [0.25, 0.3) is 0 Å². The number of furan rings is 1. The average molecular weight is 327 g/mol. The maximum atomic E-state index is 12.4. The van der Waals surface area contributed by atoms with E-state index in [1.807, 2.05) is 0 Å². The first-order valence-electron chi connectivity index (χ1n) is 7.83. The van der Waals surface area contributed by atoms with E-state index in [-0.39, 0.29) is 17.1 Å². The zero-order valence-corrected chi connectivity index (χ0v) is 13.0. The van der Waals surface area contributed by atoms with Crippen LogP contribution in [0.2, 0.25) is 0 Å². The first-order valence-corrected chi connectivity index (χ1v) is 7.83. The second-order valence-electron chi connectivity index (χ2n) is 5.58. The van der Waals surface area contributed by atoms with Gasteiger partial charge >= 0.3 is 5.97 Å². The summed E-state index contributed by atoms with van der Waals surface area (Å²) in [5, 5.41) is 2.62. The maximum Gasteiger partial charge on any atom is 0.340 e. The summed E-state index contributed by atoms with van der Waals surface area (Å²) in [6.07, 6.45) is 3.38. The minimum Gasteiger partial charge on any atom is -0.459 e. The number of amides is 1. The largest absolute Gasteiger partial charge is 0.459 e. The first-order chi connectivity index (χ1) is 11.6. The SMILES string of the molecule is O=C(Nc1ccccc1C(=O)OC1CCCCC1=O)c1ccco1. The third kappa shape index (κ3) is 3.53. The Kier molecular flexibility index (Phi) is 4.74. The standard InChI is InChI=1S/C18H17NO5/c20-14-8-3-4-9-15(14)24-18(22)12-6-1-2-7-13(12)19-17(21)16-10-5-11-23-16/h1-2,5-7,10-11,15H,3-4,8-9H2,(H,19,21). The number of rotatable bonds is 4. The maximum absolute atomic E-state index is 12.4. The van der Waals surface area contributed by atoms with E-state index in [0.717, 1.165) is 12.8 Å². The molecular formula is C18H17NO5. The highest BCUT2D eigenvalue weighted by Gasteiger charge is 2.27. The lowest BCUT2D eigenvalue weighted by molar-refractivity contribution is -0.129. The van der Waals surface area contributed by atoms with Gasteiger partial charge in [-0.1, -0.05) is 12.1 Å². The molecule has 1 aromatic carbocycles. The third-order valence-corrected chi connectivity index (χ3v) is 3.89. The van der Waals surface area contributed by atoms with Gasteiger partial charge in [0.15, 0.2) is 17.6 Å². The molecule has 3 rings (SSSR count). The van der Waals surface area contributed by atoms with E-state index >= 15 is 0 Å². The highest BCUT2D eigenvalue weighted by atomic mass is 16.5. The summed E-state index contributed by atoms with van der Waals surface area (Å²) >= 11 is 0. The number of hydrogen-bond acceptors (Lipinski definition) is 5. The predicted molar refractivity (Wildman–Crippen MR) is 85.8 cm³/mol. The molecule has 0 saturated heterocycles. The van der Waals surface area contributed by atoms with E-state index in [4.69, 9.17) is 9.15 Å². The number of benzene rings is 1. The molecule has 0 spiro atoms. The minimum absolute atomic E-state index is 0.0493. The van der Waals surface area contributed by atoms with Gasteiger partial charge in [0.1, 0.15) is 0 Å². The Balaban J connectivity index is 1.74. The number of nitrogens with one attached hydrogen (secondary N) is 1. The van der Waals surface area contributed by atoms with Crippen molar-refractivity contribution in [1.82, 2.24) is 0 Å². The highest BCUT2D eigenvalue weighted by molar-refractivity contribution is 6.07. The highest BCUT2D eigenvalue weighted by Crippen LogP contribution is 2.22. The van der Waals surface area contributed by atoms with Crippen molar-refractivity contribution >= 4 is 23.3 Å². The molecule has 1 N–H and O–H groups in total. The summed E-state index contributed by atoms with van der Waals surface area (Å²) < 4.78 is 10.4. The third-order valence-electron chi connectivity index (χ3n) is 3.89. The predicted octanol–water partition coefficient (Wildman–Crippen LogP) is 3.20. The van der Waals surface area contributed by atoms with E-state index in [9.17, 15) is 14.4 Å². The van der Waals surface area contributed by atoms with Crippen LogP contribution >= 0.6 is 0 Å². The second-order valence-corrected chi connectivity index (χ2v) is 5.58. The summed E-state index contributed by atoms with van der Waals surface area (Å²) in [6.45, 7) is 0. The van der Waals surface area contributed by atoms with Crippen molar-refractivity contribution in [2.24, 2.45) is 0 Å². The van der Waals surface area contributed by atoms with Gasteiger partial charge in [-0.05, 0) is 43.5 Å². The molecule has 0 radical (unpaired) electrons. The molecule has 24 heavy (non-hydrogen) atoms. The van der Waals surface area contributed by atoms with Gasteiger partial charge in [0.2, 0.25) is 0 Å². The number of para-hydroxylation sites is 1. The van der Waals surface area contributed by atoms with Crippen molar-refractivity contribution in [2.45, 2.75) is 31.8 Å². The fourth-order valence-corrected chi connectivity index (χ4v) is 2.63. The van der Waals surface area contributed by atoms with Crippen molar-refractivity contribution in [3.05, 3.63) is 54.0 Å². The smallest absolute Gasteiger partial charge is 0.340 e. The monoisotopic (exact) mass is 327 g/mol. The molecule has 124 valence electrons. The zero-order chi connectivity index (χ0) is 16.9. The topological polar surface area (TPSA) is 85.6 Å². The Labute approximate surface area is 138 Å². The molecule has 1 atom stereocenters. The summed E-state index contributed by atoms with van der Waals surface area (Å²) in [6, 6.07) is 9.64.